The van der Waals surface area contributed by atoms with Gasteiger partial charge >= 0.3 is 0 Å². The molecule has 2 aliphatic heterocycles. The zero-order chi connectivity index (χ0) is 30.0. The summed E-state index contributed by atoms with van der Waals surface area (Å²) in [5.74, 6) is -0.468. The molecule has 2 aliphatic rings. The van der Waals surface area contributed by atoms with Crippen molar-refractivity contribution < 1.29 is 40.7 Å². The molecule has 5 rings (SSSR count). The van der Waals surface area contributed by atoms with E-state index in [1.54, 1.807) is 10.3 Å². The second kappa shape index (κ2) is 12.5. The van der Waals surface area contributed by atoms with Crippen molar-refractivity contribution in [2.75, 3.05) is 26.2 Å². The van der Waals surface area contributed by atoms with Gasteiger partial charge in [0.25, 0.3) is 18.8 Å². The Kier molecular flexibility index (Phi) is 8.83. The van der Waals surface area contributed by atoms with Crippen molar-refractivity contribution in [3.63, 3.8) is 0 Å². The number of alkyl halides is 4. The summed E-state index contributed by atoms with van der Waals surface area (Å²) in [6.07, 6.45) is -0.778. The number of likely N-dealkylation sites (tertiary alicyclic amines) is 1. The van der Waals surface area contributed by atoms with Gasteiger partial charge in [0, 0.05) is 17.7 Å². The van der Waals surface area contributed by atoms with E-state index in [9.17, 15) is 31.1 Å². The Bertz CT molecular complexity index is 1530. The molecule has 2 aromatic heterocycles. The fraction of sp³-hybridized carbons (Fsp3) is 0.407. The maximum atomic E-state index is 14.9. The Morgan fingerprint density at radius 1 is 1.19 bits per heavy atom. The number of hydrogen-bond acceptors (Lipinski definition) is 8. The van der Waals surface area contributed by atoms with Crippen LogP contribution in [-0.2, 0) is 4.84 Å². The molecule has 4 heterocycles. The zero-order valence-corrected chi connectivity index (χ0v) is 22.6. The van der Waals surface area contributed by atoms with Crippen LogP contribution in [0.15, 0.2) is 28.7 Å². The maximum absolute atomic E-state index is 14.9. The van der Waals surface area contributed by atoms with Crippen LogP contribution in [0.4, 0.5) is 26.3 Å². The first-order valence-electron chi connectivity index (χ1n) is 12.8. The minimum Gasteiger partial charge on any atom is -0.478 e. The van der Waals surface area contributed by atoms with Crippen molar-refractivity contribution in [3.8, 4) is 18.1 Å². The summed E-state index contributed by atoms with van der Waals surface area (Å²) in [5.41, 5.74) is -1.11. The molecule has 0 N–H and O–H groups in total. The van der Waals surface area contributed by atoms with Crippen molar-refractivity contribution in [1.82, 2.24) is 19.7 Å². The Hall–Kier alpha value is -3.90. The summed E-state index contributed by atoms with van der Waals surface area (Å²) < 4.78 is 87.3. The lowest BCUT2D eigenvalue weighted by Crippen LogP contribution is -2.39. The first-order chi connectivity index (χ1) is 20.2. The lowest BCUT2D eigenvalue weighted by Gasteiger charge is -2.30. The van der Waals surface area contributed by atoms with Gasteiger partial charge in [0.1, 0.15) is 29.5 Å². The lowest BCUT2D eigenvalue weighted by molar-refractivity contribution is 0.0766. The summed E-state index contributed by atoms with van der Waals surface area (Å²) in [4.78, 5) is 24.3. The monoisotopic (exact) mass is 611 g/mol. The Morgan fingerprint density at radius 2 is 1.95 bits per heavy atom. The van der Waals surface area contributed by atoms with Gasteiger partial charge in [-0.1, -0.05) is 11.1 Å². The van der Waals surface area contributed by atoms with Crippen LogP contribution in [0.5, 0.6) is 5.75 Å². The molecule has 42 heavy (non-hydrogen) atoms. The van der Waals surface area contributed by atoms with Crippen molar-refractivity contribution in [3.05, 3.63) is 62.9 Å². The molecule has 0 saturated carbocycles. The van der Waals surface area contributed by atoms with Crippen molar-refractivity contribution in [2.24, 2.45) is 5.16 Å². The van der Waals surface area contributed by atoms with Gasteiger partial charge in [0.2, 0.25) is 0 Å². The smallest absolute Gasteiger partial charge is 0.282 e. The average Bonchev–Trinajstić information content (AvgIpc) is 3.73. The van der Waals surface area contributed by atoms with Crippen LogP contribution in [0.3, 0.4) is 0 Å². The first kappa shape index (κ1) is 29.6. The molecule has 1 aromatic carbocycles. The third-order valence-corrected chi connectivity index (χ3v) is 7.95. The van der Waals surface area contributed by atoms with Gasteiger partial charge in [0.05, 0.1) is 22.8 Å². The number of carbonyl (C=O) groups is 1. The van der Waals surface area contributed by atoms with E-state index in [4.69, 9.17) is 16.0 Å². The first-order valence-corrected chi connectivity index (χ1v) is 13.7. The van der Waals surface area contributed by atoms with E-state index in [0.29, 0.717) is 48.1 Å². The molecule has 0 bridgehead atoms. The van der Waals surface area contributed by atoms with Gasteiger partial charge < -0.3 is 9.57 Å². The summed E-state index contributed by atoms with van der Waals surface area (Å²) in [7, 11) is 0. The number of carbonyl (C=O) groups excluding carboxylic acids is 1. The van der Waals surface area contributed by atoms with Crippen LogP contribution in [0.1, 0.15) is 76.6 Å². The summed E-state index contributed by atoms with van der Waals surface area (Å²) in [5, 5.41) is 9.96. The molecule has 0 aliphatic carbocycles. The second-order valence-electron chi connectivity index (χ2n) is 9.62. The van der Waals surface area contributed by atoms with Crippen molar-refractivity contribution in [1.29, 1.82) is 0 Å². The molecule has 0 amide bonds. The highest BCUT2D eigenvalue weighted by molar-refractivity contribution is 7.10. The molecule has 1 unspecified atom stereocenters. The summed E-state index contributed by atoms with van der Waals surface area (Å²) in [6.45, 7) is 0.456. The predicted molar refractivity (Wildman–Crippen MR) is 139 cm³/mol. The molecule has 1 fully saturated rings. The van der Waals surface area contributed by atoms with Gasteiger partial charge in [-0.15, -0.1) is 17.8 Å². The molecule has 0 radical (unpaired) electrons. The third-order valence-electron chi connectivity index (χ3n) is 6.95. The molecular weight excluding hydrogens is 588 g/mol. The summed E-state index contributed by atoms with van der Waals surface area (Å²) >= 11 is 1.39. The number of thiazole rings is 1. The van der Waals surface area contributed by atoms with Crippen LogP contribution >= 0.6 is 11.3 Å². The number of aromatic nitrogens is 3. The number of rotatable bonds is 9. The van der Waals surface area contributed by atoms with Crippen molar-refractivity contribution in [2.45, 2.75) is 44.1 Å². The maximum Gasteiger partial charge on any atom is 0.282 e. The average molecular weight is 612 g/mol. The zero-order valence-electron chi connectivity index (χ0n) is 21.8. The van der Waals surface area contributed by atoms with E-state index in [1.807, 2.05) is 0 Å². The van der Waals surface area contributed by atoms with E-state index in [0.717, 1.165) is 17.1 Å². The molecule has 8 nitrogen and oxygen atoms in total. The molecule has 0 spiro atoms. The summed E-state index contributed by atoms with van der Waals surface area (Å²) in [6, 6.07) is 2.76. The highest BCUT2D eigenvalue weighted by atomic mass is 32.1. The predicted octanol–water partition coefficient (Wildman–Crippen LogP) is 5.89. The number of ether oxygens (including phenoxy) is 1. The highest BCUT2D eigenvalue weighted by Crippen LogP contribution is 2.37. The van der Waals surface area contributed by atoms with E-state index in [2.05, 4.69) is 21.2 Å². The van der Waals surface area contributed by atoms with Crippen LogP contribution in [0.2, 0.25) is 0 Å². The van der Waals surface area contributed by atoms with E-state index in [-0.39, 0.29) is 36.8 Å². The number of oxime groups is 1. The number of terminal acetylenes is 1. The normalized spacial score (nSPS) is 17.9. The van der Waals surface area contributed by atoms with Crippen LogP contribution in [0, 0.1) is 24.0 Å². The minimum absolute atomic E-state index is 0.0421. The number of benzene rings is 1. The van der Waals surface area contributed by atoms with Gasteiger partial charge in [0.15, 0.2) is 17.7 Å². The number of piperidine rings is 1. The molecule has 222 valence electrons. The SMILES string of the molecule is C#CCOc1ccc(F)c(C2CC(c3csc(C4CCN(CC(=O)n5nc(C(F)F)cc5C(F)F)CC4)n3)=NO2)c1F. The fourth-order valence-electron chi connectivity index (χ4n) is 4.84. The molecule has 1 saturated heterocycles. The van der Waals surface area contributed by atoms with Gasteiger partial charge in [-0.25, -0.2) is 31.3 Å². The topological polar surface area (TPSA) is 81.8 Å². The highest BCUT2D eigenvalue weighted by Gasteiger charge is 2.33. The Balaban J connectivity index is 1.18. The van der Waals surface area contributed by atoms with E-state index >= 15 is 0 Å². The number of nitrogens with zero attached hydrogens (tertiary/aromatic N) is 5. The largest absolute Gasteiger partial charge is 0.478 e. The minimum atomic E-state index is -3.12. The van der Waals surface area contributed by atoms with Crippen LogP contribution in [-0.4, -0.2) is 57.5 Å². The van der Waals surface area contributed by atoms with Crippen LogP contribution < -0.4 is 4.74 Å². The van der Waals surface area contributed by atoms with Gasteiger partial charge in [-0.05, 0) is 44.1 Å². The van der Waals surface area contributed by atoms with E-state index in [1.165, 1.54) is 11.3 Å². The van der Waals surface area contributed by atoms with E-state index < -0.39 is 47.9 Å². The Morgan fingerprint density at radius 3 is 2.64 bits per heavy atom. The second-order valence-corrected chi connectivity index (χ2v) is 10.5. The fourth-order valence-corrected chi connectivity index (χ4v) is 5.84. The molecular formula is C27H23F6N5O3S. The standard InChI is InChI=1S/C27H23F6N5O3S/c1-2-9-40-20-4-3-15(28)23(24(20)29)21-11-16(36-41-21)18-13-42-27(34-18)14-5-7-37(8-6-14)12-22(39)38-19(26(32)33)10-17(35-38)25(30)31/h1,3-4,10,13-14,21,25-26H,5-9,11-12H2. The van der Waals surface area contributed by atoms with Gasteiger partial charge in [-0.3, -0.25) is 9.69 Å². The van der Waals surface area contributed by atoms with Crippen LogP contribution in [0.25, 0.3) is 0 Å². The lowest BCUT2D eigenvalue weighted by atomic mass is 9.97. The quantitative estimate of drug-likeness (QED) is 0.222. The number of hydrogen-bond donors (Lipinski definition) is 0. The molecule has 1 atom stereocenters. The Labute approximate surface area is 239 Å². The molecule has 3 aromatic rings. The third kappa shape index (κ3) is 6.14. The van der Waals surface area contributed by atoms with Crippen molar-refractivity contribution >= 4 is 23.0 Å². The van der Waals surface area contributed by atoms with Gasteiger partial charge in [-0.2, -0.15) is 9.78 Å². The number of halogens is 6. The molecule has 15 heteroatoms.